The quantitative estimate of drug-likeness (QED) is 0.821. The lowest BCUT2D eigenvalue weighted by molar-refractivity contribution is -0.127. The highest BCUT2D eigenvalue weighted by atomic mass is 79.9. The first kappa shape index (κ1) is 14.8. The monoisotopic (exact) mass is 339 g/mol. The van der Waals surface area contributed by atoms with Crippen molar-refractivity contribution < 1.29 is 9.59 Å². The van der Waals surface area contributed by atoms with Gasteiger partial charge in [-0.25, -0.2) is 0 Å². The maximum atomic E-state index is 12.1. The number of benzene rings is 1. The lowest BCUT2D eigenvalue weighted by Crippen LogP contribution is -2.42. The number of halogens is 1. The second-order valence-corrected chi connectivity index (χ2v) is 5.91. The molecule has 1 heterocycles. The molecule has 108 valence electrons. The Labute approximate surface area is 126 Å². The van der Waals surface area contributed by atoms with Crippen LogP contribution in [-0.2, 0) is 4.79 Å². The zero-order valence-electron chi connectivity index (χ0n) is 11.4. The van der Waals surface area contributed by atoms with Crippen LogP contribution in [-0.4, -0.2) is 35.8 Å². The number of nitrogens with one attached hydrogen (secondary N) is 1. The van der Waals surface area contributed by atoms with Crippen molar-refractivity contribution >= 4 is 33.4 Å². The Kier molecular flexibility index (Phi) is 4.65. The predicted molar refractivity (Wildman–Crippen MR) is 81.3 cm³/mol. The van der Waals surface area contributed by atoms with Crippen LogP contribution in [0.3, 0.4) is 0 Å². The van der Waals surface area contributed by atoms with Gasteiger partial charge < -0.3 is 16.0 Å². The lowest BCUT2D eigenvalue weighted by atomic mass is 10.2. The molecule has 0 saturated carbocycles. The summed E-state index contributed by atoms with van der Waals surface area (Å²) in [5.41, 5.74) is 6.81. The fourth-order valence-corrected chi connectivity index (χ4v) is 2.51. The van der Waals surface area contributed by atoms with Gasteiger partial charge in [0.15, 0.2) is 0 Å². The van der Waals surface area contributed by atoms with E-state index in [1.54, 1.807) is 23.1 Å². The molecule has 0 bridgehead atoms. The van der Waals surface area contributed by atoms with Gasteiger partial charge in [-0.3, -0.25) is 9.59 Å². The van der Waals surface area contributed by atoms with E-state index in [1.165, 1.54) is 0 Å². The highest BCUT2D eigenvalue weighted by molar-refractivity contribution is 9.10. The van der Waals surface area contributed by atoms with Gasteiger partial charge >= 0.3 is 0 Å². The molecule has 0 spiro atoms. The van der Waals surface area contributed by atoms with Crippen molar-refractivity contribution in [2.75, 3.05) is 18.8 Å². The Morgan fingerprint density at radius 1 is 1.55 bits per heavy atom. The SMILES string of the molecule is CC(CN1CCCC1=O)NC(=O)c1ccc(Br)c(N)c1. The molecular weight excluding hydrogens is 322 g/mol. The number of rotatable bonds is 4. The summed E-state index contributed by atoms with van der Waals surface area (Å²) >= 11 is 3.29. The number of nitrogens with zero attached hydrogens (tertiary/aromatic N) is 1. The summed E-state index contributed by atoms with van der Waals surface area (Å²) in [6, 6.07) is 5.00. The minimum Gasteiger partial charge on any atom is -0.398 e. The van der Waals surface area contributed by atoms with Crippen molar-refractivity contribution in [1.29, 1.82) is 0 Å². The number of carbonyl (C=O) groups excluding carboxylic acids is 2. The molecule has 1 aromatic carbocycles. The fourth-order valence-electron chi connectivity index (χ4n) is 2.27. The summed E-state index contributed by atoms with van der Waals surface area (Å²) in [7, 11) is 0. The highest BCUT2D eigenvalue weighted by Crippen LogP contribution is 2.20. The first-order valence-corrected chi connectivity index (χ1v) is 7.40. The molecule has 0 aromatic heterocycles. The summed E-state index contributed by atoms with van der Waals surface area (Å²) in [6.45, 7) is 3.23. The predicted octanol–water partition coefficient (Wildman–Crippen LogP) is 1.77. The van der Waals surface area contributed by atoms with Crippen LogP contribution in [0.5, 0.6) is 0 Å². The molecule has 1 saturated heterocycles. The lowest BCUT2D eigenvalue weighted by Gasteiger charge is -2.21. The topological polar surface area (TPSA) is 75.4 Å². The van der Waals surface area contributed by atoms with E-state index < -0.39 is 0 Å². The molecule has 6 heteroatoms. The molecule has 20 heavy (non-hydrogen) atoms. The molecule has 1 aromatic rings. The number of hydrogen-bond donors (Lipinski definition) is 2. The Bertz CT molecular complexity index is 533. The summed E-state index contributed by atoms with van der Waals surface area (Å²) in [5.74, 6) is -0.0117. The summed E-state index contributed by atoms with van der Waals surface area (Å²) < 4.78 is 0.768. The maximum absolute atomic E-state index is 12.1. The van der Waals surface area contributed by atoms with Crippen molar-refractivity contribution in [3.63, 3.8) is 0 Å². The molecule has 1 aliphatic heterocycles. The van der Waals surface area contributed by atoms with E-state index >= 15 is 0 Å². The van der Waals surface area contributed by atoms with E-state index in [-0.39, 0.29) is 17.9 Å². The molecule has 1 fully saturated rings. The number of carbonyl (C=O) groups is 2. The van der Waals surface area contributed by atoms with Crippen LogP contribution < -0.4 is 11.1 Å². The van der Waals surface area contributed by atoms with E-state index in [4.69, 9.17) is 5.73 Å². The third-order valence-electron chi connectivity index (χ3n) is 3.30. The standard InChI is InChI=1S/C14H18BrN3O2/c1-9(8-18-6-2-3-13(18)19)17-14(20)10-4-5-11(15)12(16)7-10/h4-5,7,9H,2-3,6,8,16H2,1H3,(H,17,20). The van der Waals surface area contributed by atoms with Gasteiger partial charge in [-0.1, -0.05) is 0 Å². The van der Waals surface area contributed by atoms with Crippen LogP contribution in [0, 0.1) is 0 Å². The van der Waals surface area contributed by atoms with E-state index in [0.29, 0.717) is 24.2 Å². The molecule has 2 amide bonds. The molecule has 3 N–H and O–H groups in total. The average molecular weight is 340 g/mol. The normalized spacial score (nSPS) is 16.3. The molecule has 1 aliphatic rings. The van der Waals surface area contributed by atoms with E-state index in [9.17, 15) is 9.59 Å². The number of likely N-dealkylation sites (tertiary alicyclic amines) is 1. The van der Waals surface area contributed by atoms with E-state index in [0.717, 1.165) is 17.4 Å². The first-order chi connectivity index (χ1) is 9.47. The van der Waals surface area contributed by atoms with Gasteiger partial charge in [0.1, 0.15) is 0 Å². The smallest absolute Gasteiger partial charge is 0.251 e. The maximum Gasteiger partial charge on any atom is 0.251 e. The van der Waals surface area contributed by atoms with Gasteiger partial charge in [-0.15, -0.1) is 0 Å². The van der Waals surface area contributed by atoms with E-state index in [1.807, 2.05) is 6.92 Å². The molecular formula is C14H18BrN3O2. The molecule has 5 nitrogen and oxygen atoms in total. The second-order valence-electron chi connectivity index (χ2n) is 5.05. The largest absolute Gasteiger partial charge is 0.398 e. The van der Waals surface area contributed by atoms with Crippen LogP contribution in [0.1, 0.15) is 30.1 Å². The van der Waals surface area contributed by atoms with Crippen LogP contribution in [0.4, 0.5) is 5.69 Å². The molecule has 0 aliphatic carbocycles. The van der Waals surface area contributed by atoms with Gasteiger partial charge in [-0.2, -0.15) is 0 Å². The van der Waals surface area contributed by atoms with Crippen LogP contribution >= 0.6 is 15.9 Å². The highest BCUT2D eigenvalue weighted by Gasteiger charge is 2.22. The van der Waals surface area contributed by atoms with Gasteiger partial charge in [-0.05, 0) is 47.5 Å². The van der Waals surface area contributed by atoms with Crippen molar-refractivity contribution in [3.05, 3.63) is 28.2 Å². The van der Waals surface area contributed by atoms with Gasteiger partial charge in [0, 0.05) is 41.3 Å². The molecule has 1 unspecified atom stereocenters. The zero-order chi connectivity index (χ0) is 14.7. The summed E-state index contributed by atoms with van der Waals surface area (Å²) in [6.07, 6.45) is 1.52. The van der Waals surface area contributed by atoms with Crippen molar-refractivity contribution in [3.8, 4) is 0 Å². The average Bonchev–Trinajstić information content (AvgIpc) is 2.78. The molecule has 0 radical (unpaired) electrons. The van der Waals surface area contributed by atoms with Crippen LogP contribution in [0.2, 0.25) is 0 Å². The van der Waals surface area contributed by atoms with Gasteiger partial charge in [0.2, 0.25) is 5.91 Å². The Hall–Kier alpha value is -1.56. The number of nitrogen functional groups attached to an aromatic ring is 1. The van der Waals surface area contributed by atoms with Crippen molar-refractivity contribution in [2.24, 2.45) is 0 Å². The molecule has 1 atom stereocenters. The summed E-state index contributed by atoms with van der Waals surface area (Å²) in [4.78, 5) is 25.4. The van der Waals surface area contributed by atoms with E-state index in [2.05, 4.69) is 21.2 Å². The Morgan fingerprint density at radius 2 is 2.30 bits per heavy atom. The molecule has 2 rings (SSSR count). The van der Waals surface area contributed by atoms with Crippen molar-refractivity contribution in [1.82, 2.24) is 10.2 Å². The number of nitrogens with two attached hydrogens (primary N) is 1. The first-order valence-electron chi connectivity index (χ1n) is 6.61. The minimum atomic E-state index is -0.177. The second kappa shape index (κ2) is 6.26. The Morgan fingerprint density at radius 3 is 2.90 bits per heavy atom. The third kappa shape index (κ3) is 3.50. The number of amides is 2. The summed E-state index contributed by atoms with van der Waals surface area (Å²) in [5, 5.41) is 2.89. The van der Waals surface area contributed by atoms with Gasteiger partial charge in [0.25, 0.3) is 5.91 Å². The van der Waals surface area contributed by atoms with Gasteiger partial charge in [0.05, 0.1) is 0 Å². The van der Waals surface area contributed by atoms with Crippen LogP contribution in [0.25, 0.3) is 0 Å². The minimum absolute atomic E-state index is 0.0885. The fraction of sp³-hybridized carbons (Fsp3) is 0.429. The van der Waals surface area contributed by atoms with Crippen molar-refractivity contribution in [2.45, 2.75) is 25.8 Å². The Balaban J connectivity index is 1.93. The third-order valence-corrected chi connectivity index (χ3v) is 4.02. The number of hydrogen-bond acceptors (Lipinski definition) is 3. The number of anilines is 1. The zero-order valence-corrected chi connectivity index (χ0v) is 12.9. The van der Waals surface area contributed by atoms with Crippen LogP contribution in [0.15, 0.2) is 22.7 Å².